The van der Waals surface area contributed by atoms with Gasteiger partial charge in [-0.05, 0) is 42.3 Å². The summed E-state index contributed by atoms with van der Waals surface area (Å²) in [5.41, 5.74) is 2.91. The maximum absolute atomic E-state index is 12.9. The number of nitrogens with one attached hydrogen (secondary N) is 2. The summed E-state index contributed by atoms with van der Waals surface area (Å²) in [6, 6.07) is 21.5. The van der Waals surface area contributed by atoms with E-state index >= 15 is 0 Å². The molecule has 0 aromatic heterocycles. The lowest BCUT2D eigenvalue weighted by molar-refractivity contribution is -0.123. The van der Waals surface area contributed by atoms with Crippen LogP contribution in [0.25, 0.3) is 11.1 Å². The van der Waals surface area contributed by atoms with Crippen molar-refractivity contribution >= 4 is 27.1 Å². The lowest BCUT2D eigenvalue weighted by atomic mass is 10.1. The molecule has 6 nitrogen and oxygen atoms in total. The van der Waals surface area contributed by atoms with Gasteiger partial charge < -0.3 is 15.4 Å². The van der Waals surface area contributed by atoms with Gasteiger partial charge in [0.1, 0.15) is 5.75 Å². The van der Waals surface area contributed by atoms with Crippen LogP contribution in [0.5, 0.6) is 5.75 Å². The molecule has 3 aromatic carbocycles. The molecule has 7 heteroatoms. The first-order chi connectivity index (χ1) is 15.3. The predicted molar refractivity (Wildman–Crippen MR) is 129 cm³/mol. The van der Waals surface area contributed by atoms with E-state index in [-0.39, 0.29) is 10.8 Å². The van der Waals surface area contributed by atoms with Gasteiger partial charge in [0, 0.05) is 36.3 Å². The Hall–Kier alpha value is -3.32. The normalized spacial score (nSPS) is 12.1. The molecule has 168 valence electrons. The van der Waals surface area contributed by atoms with Gasteiger partial charge in [-0.1, -0.05) is 49.7 Å². The minimum Gasteiger partial charge on any atom is -0.481 e. The molecule has 32 heavy (non-hydrogen) atoms. The molecule has 0 spiro atoms. The van der Waals surface area contributed by atoms with Crippen LogP contribution in [0, 0.1) is 0 Å². The van der Waals surface area contributed by atoms with Crippen LogP contribution in [0.2, 0.25) is 0 Å². The van der Waals surface area contributed by atoms with Gasteiger partial charge in [0.2, 0.25) is 0 Å². The lowest BCUT2D eigenvalue weighted by Gasteiger charge is -2.19. The van der Waals surface area contributed by atoms with Gasteiger partial charge in [-0.15, -0.1) is 0 Å². The van der Waals surface area contributed by atoms with Gasteiger partial charge in [0.25, 0.3) is 5.91 Å². The molecule has 0 saturated carbocycles. The van der Waals surface area contributed by atoms with Crippen LogP contribution in [0.15, 0.2) is 77.7 Å². The average Bonchev–Trinajstić information content (AvgIpc) is 2.79. The highest BCUT2D eigenvalue weighted by molar-refractivity contribution is 7.90. The molecule has 3 rings (SSSR count). The first-order valence-electron chi connectivity index (χ1n) is 10.5. The van der Waals surface area contributed by atoms with Crippen LogP contribution < -0.4 is 15.4 Å². The second-order valence-electron chi connectivity index (χ2n) is 7.51. The van der Waals surface area contributed by atoms with Crippen molar-refractivity contribution in [3.63, 3.8) is 0 Å². The molecular weight excluding hydrogens is 424 g/mol. The predicted octanol–water partition coefficient (Wildman–Crippen LogP) is 4.99. The van der Waals surface area contributed by atoms with E-state index in [1.54, 1.807) is 48.5 Å². The van der Waals surface area contributed by atoms with E-state index in [2.05, 4.69) is 10.6 Å². The first-order valence-corrected chi connectivity index (χ1v) is 12.4. The molecule has 0 aliphatic rings. The zero-order valence-corrected chi connectivity index (χ0v) is 19.3. The number of benzene rings is 3. The van der Waals surface area contributed by atoms with E-state index in [1.165, 1.54) is 6.26 Å². The third kappa shape index (κ3) is 5.88. The average molecular weight is 453 g/mol. The highest BCUT2D eigenvalue weighted by Gasteiger charge is 2.20. The summed E-state index contributed by atoms with van der Waals surface area (Å²) in [5, 5.41) is 5.96. The number of carbonyl (C=O) groups is 1. The van der Waals surface area contributed by atoms with Gasteiger partial charge >= 0.3 is 0 Å². The number of carbonyl (C=O) groups excluding carboxylic acids is 1. The van der Waals surface area contributed by atoms with E-state index < -0.39 is 15.9 Å². The minimum absolute atomic E-state index is 0.231. The summed E-state index contributed by atoms with van der Waals surface area (Å²) >= 11 is 0. The molecule has 3 aromatic rings. The summed E-state index contributed by atoms with van der Waals surface area (Å²) in [5.74, 6) is 0.393. The molecule has 0 saturated heterocycles. The van der Waals surface area contributed by atoms with Crippen molar-refractivity contribution in [1.29, 1.82) is 0 Å². The highest BCUT2D eigenvalue weighted by Crippen LogP contribution is 2.28. The summed E-state index contributed by atoms with van der Waals surface area (Å²) in [6.07, 6.45) is 1.94. The second-order valence-corrected chi connectivity index (χ2v) is 9.49. The van der Waals surface area contributed by atoms with Crippen molar-refractivity contribution in [2.24, 2.45) is 0 Å². The Morgan fingerprint density at radius 2 is 1.69 bits per heavy atom. The molecular formula is C25H28N2O4S. The number of rotatable bonds is 9. The molecule has 0 radical (unpaired) electrons. The Balaban J connectivity index is 1.76. The maximum atomic E-state index is 12.9. The monoisotopic (exact) mass is 452 g/mol. The third-order valence-corrected chi connectivity index (χ3v) is 6.15. The Morgan fingerprint density at radius 1 is 0.969 bits per heavy atom. The Kier molecular flexibility index (Phi) is 7.53. The van der Waals surface area contributed by atoms with E-state index in [1.807, 2.05) is 38.2 Å². The summed E-state index contributed by atoms with van der Waals surface area (Å²) in [6.45, 7) is 2.00. The topological polar surface area (TPSA) is 84.5 Å². The molecule has 0 bridgehead atoms. The number of sulfone groups is 1. The molecule has 0 fully saturated rings. The van der Waals surface area contributed by atoms with Crippen molar-refractivity contribution in [3.05, 3.63) is 72.8 Å². The summed E-state index contributed by atoms with van der Waals surface area (Å²) in [4.78, 5) is 13.1. The Bertz CT molecular complexity index is 1170. The minimum atomic E-state index is -3.35. The van der Waals surface area contributed by atoms with Gasteiger partial charge in [-0.3, -0.25) is 4.79 Å². The maximum Gasteiger partial charge on any atom is 0.265 e. The zero-order valence-electron chi connectivity index (χ0n) is 18.5. The van der Waals surface area contributed by atoms with Crippen LogP contribution >= 0.6 is 0 Å². The highest BCUT2D eigenvalue weighted by atomic mass is 32.2. The SMILES string of the molecule is CCCC(Oc1cccc(NC)c1)C(=O)Nc1ccc(-c2ccccc2S(C)(=O)=O)cc1. The van der Waals surface area contributed by atoms with E-state index in [0.717, 1.165) is 17.7 Å². The number of hydrogen-bond acceptors (Lipinski definition) is 5. The van der Waals surface area contributed by atoms with Gasteiger partial charge in [0.15, 0.2) is 15.9 Å². The molecule has 1 atom stereocenters. The van der Waals surface area contributed by atoms with Crippen molar-refractivity contribution in [1.82, 2.24) is 0 Å². The lowest BCUT2D eigenvalue weighted by Crippen LogP contribution is -2.32. The second kappa shape index (κ2) is 10.3. The number of ether oxygens (including phenoxy) is 1. The number of amides is 1. The summed E-state index contributed by atoms with van der Waals surface area (Å²) < 4.78 is 30.1. The number of anilines is 2. The van der Waals surface area contributed by atoms with Crippen molar-refractivity contribution < 1.29 is 17.9 Å². The van der Waals surface area contributed by atoms with E-state index in [0.29, 0.717) is 23.4 Å². The molecule has 2 N–H and O–H groups in total. The van der Waals surface area contributed by atoms with Crippen LogP contribution in [0.1, 0.15) is 19.8 Å². The van der Waals surface area contributed by atoms with Crippen LogP contribution in [-0.4, -0.2) is 33.7 Å². The van der Waals surface area contributed by atoms with Crippen molar-refractivity contribution in [2.45, 2.75) is 30.8 Å². The van der Waals surface area contributed by atoms with E-state index in [9.17, 15) is 13.2 Å². The fourth-order valence-corrected chi connectivity index (χ4v) is 4.29. The molecule has 0 aliphatic carbocycles. The van der Waals surface area contributed by atoms with Crippen molar-refractivity contribution in [2.75, 3.05) is 23.9 Å². The smallest absolute Gasteiger partial charge is 0.265 e. The first kappa shape index (κ1) is 23.3. The Morgan fingerprint density at radius 3 is 2.34 bits per heavy atom. The van der Waals surface area contributed by atoms with Crippen LogP contribution in [0.4, 0.5) is 11.4 Å². The fraction of sp³-hybridized carbons (Fsp3) is 0.240. The van der Waals surface area contributed by atoms with Crippen LogP contribution in [0.3, 0.4) is 0 Å². The Labute approximate surface area is 189 Å². The van der Waals surface area contributed by atoms with Gasteiger partial charge in [-0.25, -0.2) is 8.42 Å². The molecule has 0 heterocycles. The van der Waals surface area contributed by atoms with Crippen molar-refractivity contribution in [3.8, 4) is 16.9 Å². The zero-order chi connectivity index (χ0) is 23.1. The quantitative estimate of drug-likeness (QED) is 0.478. The molecule has 1 unspecified atom stereocenters. The molecule has 1 amide bonds. The number of hydrogen-bond donors (Lipinski definition) is 2. The van der Waals surface area contributed by atoms with Gasteiger partial charge in [0.05, 0.1) is 4.90 Å². The largest absolute Gasteiger partial charge is 0.481 e. The third-order valence-electron chi connectivity index (χ3n) is 4.99. The molecule has 0 aliphatic heterocycles. The van der Waals surface area contributed by atoms with Gasteiger partial charge in [-0.2, -0.15) is 0 Å². The van der Waals surface area contributed by atoms with E-state index in [4.69, 9.17) is 4.74 Å². The summed E-state index contributed by atoms with van der Waals surface area (Å²) in [7, 11) is -1.53. The van der Waals surface area contributed by atoms with Crippen LogP contribution in [-0.2, 0) is 14.6 Å². The standard InChI is InChI=1S/C25H28N2O4S/c1-4-8-23(31-21-10-7-9-20(17-21)26-2)25(28)27-19-15-13-18(14-16-19)22-11-5-6-12-24(22)32(3,29)30/h5-7,9-17,23,26H,4,8H2,1-3H3,(H,27,28). The fourth-order valence-electron chi connectivity index (χ4n) is 3.38.